The Bertz CT molecular complexity index is 324. The van der Waals surface area contributed by atoms with Gasteiger partial charge in [0, 0.05) is 17.5 Å². The van der Waals surface area contributed by atoms with Crippen LogP contribution in [0.25, 0.3) is 0 Å². The lowest BCUT2D eigenvalue weighted by Gasteiger charge is -2.16. The molecule has 1 saturated heterocycles. The Labute approximate surface area is 87.8 Å². The van der Waals surface area contributed by atoms with Crippen molar-refractivity contribution in [2.24, 2.45) is 0 Å². The number of aldehydes is 1. The monoisotopic (exact) mass is 210 g/mol. The highest BCUT2D eigenvalue weighted by atomic mass is 32.1. The van der Waals surface area contributed by atoms with E-state index in [2.05, 4.69) is 16.9 Å². The first kappa shape index (κ1) is 9.80. The van der Waals surface area contributed by atoms with Crippen molar-refractivity contribution in [1.29, 1.82) is 0 Å². The summed E-state index contributed by atoms with van der Waals surface area (Å²) in [4.78, 5) is 18.1. The van der Waals surface area contributed by atoms with Gasteiger partial charge in [0.2, 0.25) is 0 Å². The van der Waals surface area contributed by atoms with Gasteiger partial charge in [-0.25, -0.2) is 4.98 Å². The summed E-state index contributed by atoms with van der Waals surface area (Å²) in [6.07, 6.45) is 5.73. The Morgan fingerprint density at radius 1 is 1.79 bits per heavy atom. The molecule has 0 N–H and O–H groups in total. The number of aromatic nitrogens is 1. The molecule has 1 fully saturated rings. The predicted octanol–water partition coefficient (Wildman–Crippen LogP) is 1.65. The van der Waals surface area contributed by atoms with E-state index in [-0.39, 0.29) is 0 Å². The van der Waals surface area contributed by atoms with E-state index in [0.717, 1.165) is 17.7 Å². The summed E-state index contributed by atoms with van der Waals surface area (Å²) >= 11 is 1.67. The van der Waals surface area contributed by atoms with Crippen molar-refractivity contribution in [2.75, 3.05) is 13.6 Å². The lowest BCUT2D eigenvalue weighted by atomic mass is 10.2. The van der Waals surface area contributed by atoms with Crippen LogP contribution in [0, 0.1) is 0 Å². The molecule has 1 unspecified atom stereocenters. The first-order chi connectivity index (χ1) is 6.81. The van der Waals surface area contributed by atoms with Crippen molar-refractivity contribution in [3.05, 3.63) is 16.1 Å². The summed E-state index contributed by atoms with van der Waals surface area (Å²) in [5, 5.41) is 1.17. The van der Waals surface area contributed by atoms with Crippen LogP contribution < -0.4 is 0 Å². The Morgan fingerprint density at radius 2 is 2.64 bits per heavy atom. The summed E-state index contributed by atoms with van der Waals surface area (Å²) in [5.41, 5.74) is 0. The zero-order valence-electron chi connectivity index (χ0n) is 8.27. The van der Waals surface area contributed by atoms with Crippen molar-refractivity contribution >= 4 is 17.6 Å². The van der Waals surface area contributed by atoms with E-state index in [1.54, 1.807) is 11.3 Å². The first-order valence-corrected chi connectivity index (χ1v) is 5.71. The molecule has 2 rings (SSSR count). The fourth-order valence-electron chi connectivity index (χ4n) is 1.88. The normalized spacial score (nSPS) is 22.8. The fraction of sp³-hybridized carbons (Fsp3) is 0.600. The summed E-state index contributed by atoms with van der Waals surface area (Å²) in [7, 11) is 2.14. The molecule has 0 spiro atoms. The van der Waals surface area contributed by atoms with Gasteiger partial charge in [0.15, 0.2) is 0 Å². The average Bonchev–Trinajstić information content (AvgIpc) is 2.74. The van der Waals surface area contributed by atoms with Gasteiger partial charge >= 0.3 is 0 Å². The van der Waals surface area contributed by atoms with Crippen LogP contribution >= 0.6 is 11.3 Å². The van der Waals surface area contributed by atoms with Gasteiger partial charge in [-0.05, 0) is 26.4 Å². The topological polar surface area (TPSA) is 33.2 Å². The van der Waals surface area contributed by atoms with Crippen molar-refractivity contribution in [1.82, 2.24) is 9.88 Å². The van der Waals surface area contributed by atoms with Gasteiger partial charge in [0.25, 0.3) is 0 Å². The smallest absolute Gasteiger partial charge is 0.125 e. The number of nitrogens with zero attached hydrogens (tertiary/aromatic N) is 2. The van der Waals surface area contributed by atoms with E-state index in [4.69, 9.17) is 0 Å². The number of hydrogen-bond donors (Lipinski definition) is 0. The molecule has 0 radical (unpaired) electrons. The van der Waals surface area contributed by atoms with Crippen LogP contribution in [-0.4, -0.2) is 29.8 Å². The highest BCUT2D eigenvalue weighted by Crippen LogP contribution is 2.32. The maximum absolute atomic E-state index is 10.3. The molecule has 2 heterocycles. The number of carbonyl (C=O) groups excluding carboxylic acids is 1. The van der Waals surface area contributed by atoms with E-state index < -0.39 is 0 Å². The molecule has 4 heteroatoms. The highest BCUT2D eigenvalue weighted by molar-refractivity contribution is 7.11. The molecule has 1 aromatic rings. The Morgan fingerprint density at radius 3 is 3.29 bits per heavy atom. The van der Waals surface area contributed by atoms with Gasteiger partial charge in [0.1, 0.15) is 11.3 Å². The van der Waals surface area contributed by atoms with Gasteiger partial charge in [-0.1, -0.05) is 0 Å². The minimum atomic E-state index is 0.486. The average molecular weight is 210 g/mol. The molecule has 3 nitrogen and oxygen atoms in total. The van der Waals surface area contributed by atoms with Crippen LogP contribution in [0.1, 0.15) is 28.8 Å². The highest BCUT2D eigenvalue weighted by Gasteiger charge is 2.24. The fourth-order valence-corrected chi connectivity index (χ4v) is 2.94. The lowest BCUT2D eigenvalue weighted by molar-refractivity contribution is -0.107. The summed E-state index contributed by atoms with van der Waals surface area (Å²) in [5.74, 6) is 0. The second-order valence-corrected chi connectivity index (χ2v) is 4.82. The van der Waals surface area contributed by atoms with Crippen molar-refractivity contribution in [3.8, 4) is 0 Å². The van der Waals surface area contributed by atoms with Gasteiger partial charge in [-0.2, -0.15) is 0 Å². The summed E-state index contributed by atoms with van der Waals surface area (Å²) < 4.78 is 0. The molecule has 1 atom stereocenters. The molecule has 0 aliphatic carbocycles. The van der Waals surface area contributed by atoms with Crippen LogP contribution in [0.4, 0.5) is 0 Å². The third-order valence-corrected chi connectivity index (χ3v) is 3.78. The maximum Gasteiger partial charge on any atom is 0.125 e. The quantitative estimate of drug-likeness (QED) is 0.711. The third kappa shape index (κ3) is 1.86. The van der Waals surface area contributed by atoms with Crippen molar-refractivity contribution < 1.29 is 4.79 Å². The first-order valence-electron chi connectivity index (χ1n) is 4.89. The Balaban J connectivity index is 2.11. The molecule has 1 aromatic heterocycles. The number of likely N-dealkylation sites (tertiary alicyclic amines) is 1. The number of thiazole rings is 1. The van der Waals surface area contributed by atoms with E-state index in [0.29, 0.717) is 12.5 Å². The van der Waals surface area contributed by atoms with E-state index in [1.165, 1.54) is 17.8 Å². The zero-order valence-corrected chi connectivity index (χ0v) is 9.09. The molecule has 1 aliphatic heterocycles. The van der Waals surface area contributed by atoms with Crippen LogP contribution in [0.2, 0.25) is 0 Å². The summed E-state index contributed by atoms with van der Waals surface area (Å²) in [6.45, 7) is 1.16. The molecular formula is C10H14N2OS. The Hall–Kier alpha value is -0.740. The SMILES string of the molecule is CN1CCCC1c1ncc(CC=O)s1. The number of rotatable bonds is 3. The van der Waals surface area contributed by atoms with Crippen LogP contribution in [0.5, 0.6) is 0 Å². The minimum Gasteiger partial charge on any atom is -0.303 e. The molecule has 1 aliphatic rings. The van der Waals surface area contributed by atoms with Crippen LogP contribution in [-0.2, 0) is 11.2 Å². The molecule has 0 saturated carbocycles. The van der Waals surface area contributed by atoms with E-state index in [1.807, 2.05) is 6.20 Å². The molecule has 76 valence electrons. The predicted molar refractivity (Wildman–Crippen MR) is 56.5 cm³/mol. The minimum absolute atomic E-state index is 0.486. The van der Waals surface area contributed by atoms with Gasteiger partial charge in [0.05, 0.1) is 6.04 Å². The molecular weight excluding hydrogens is 196 g/mol. The van der Waals surface area contributed by atoms with E-state index in [9.17, 15) is 4.79 Å². The van der Waals surface area contributed by atoms with Crippen molar-refractivity contribution in [2.45, 2.75) is 25.3 Å². The lowest BCUT2D eigenvalue weighted by Crippen LogP contribution is -2.17. The largest absolute Gasteiger partial charge is 0.303 e. The number of carbonyl (C=O) groups is 1. The van der Waals surface area contributed by atoms with Gasteiger partial charge < -0.3 is 4.79 Å². The van der Waals surface area contributed by atoms with Crippen molar-refractivity contribution in [3.63, 3.8) is 0 Å². The van der Waals surface area contributed by atoms with Gasteiger partial charge in [-0.3, -0.25) is 4.90 Å². The molecule has 14 heavy (non-hydrogen) atoms. The maximum atomic E-state index is 10.3. The standard InChI is InChI=1S/C10H14N2OS/c1-12-5-2-3-9(12)10-11-7-8(14-10)4-6-13/h6-7,9H,2-5H2,1H3. The Kier molecular flexibility index (Phi) is 2.93. The number of hydrogen-bond acceptors (Lipinski definition) is 4. The second-order valence-electron chi connectivity index (χ2n) is 3.67. The third-order valence-electron chi connectivity index (χ3n) is 2.66. The van der Waals surface area contributed by atoms with E-state index >= 15 is 0 Å². The van der Waals surface area contributed by atoms with Crippen LogP contribution in [0.3, 0.4) is 0 Å². The summed E-state index contributed by atoms with van der Waals surface area (Å²) in [6, 6.07) is 0.486. The second kappa shape index (κ2) is 4.19. The zero-order chi connectivity index (χ0) is 9.97. The van der Waals surface area contributed by atoms with Gasteiger partial charge in [-0.15, -0.1) is 11.3 Å². The molecule has 0 aromatic carbocycles. The molecule has 0 bridgehead atoms. The molecule has 0 amide bonds. The van der Waals surface area contributed by atoms with Crippen LogP contribution in [0.15, 0.2) is 6.20 Å².